The Morgan fingerprint density at radius 1 is 1.00 bits per heavy atom. The van der Waals surface area contributed by atoms with Crippen molar-refractivity contribution in [3.8, 4) is 0 Å². The Labute approximate surface area is 284 Å². The highest BCUT2D eigenvalue weighted by Crippen LogP contribution is 2.45. The van der Waals surface area contributed by atoms with Crippen LogP contribution in [0.5, 0.6) is 0 Å². The first-order chi connectivity index (χ1) is 22.4. The minimum absolute atomic E-state index is 0.0313. The van der Waals surface area contributed by atoms with E-state index in [9.17, 15) is 17.6 Å². The number of likely N-dealkylation sites (tertiary alicyclic amines) is 1. The first kappa shape index (κ1) is 32.5. The molecule has 3 aliphatic heterocycles. The number of benzene rings is 3. The van der Waals surface area contributed by atoms with Crippen LogP contribution in [0.2, 0.25) is 10.0 Å². The number of carbonyl (C=O) groups excluding carboxylic acids is 1. The third-order valence-corrected chi connectivity index (χ3v) is 12.4. The molecule has 8 nitrogen and oxygen atoms in total. The number of aromatic nitrogens is 2. The van der Waals surface area contributed by atoms with Crippen molar-refractivity contribution >= 4 is 50.2 Å². The van der Waals surface area contributed by atoms with E-state index in [1.54, 1.807) is 11.0 Å². The van der Waals surface area contributed by atoms with Crippen molar-refractivity contribution in [2.75, 3.05) is 19.6 Å². The predicted molar refractivity (Wildman–Crippen MR) is 182 cm³/mol. The summed E-state index contributed by atoms with van der Waals surface area (Å²) >= 11 is 12.4. The molecule has 2 N–H and O–H groups in total. The van der Waals surface area contributed by atoms with E-state index in [1.807, 2.05) is 12.1 Å². The Hall–Kier alpha value is -3.02. The van der Waals surface area contributed by atoms with Gasteiger partial charge < -0.3 is 9.47 Å². The van der Waals surface area contributed by atoms with Crippen LogP contribution in [0.3, 0.4) is 0 Å². The van der Waals surface area contributed by atoms with E-state index in [0.29, 0.717) is 49.1 Å². The fourth-order valence-electron chi connectivity index (χ4n) is 8.51. The van der Waals surface area contributed by atoms with Gasteiger partial charge in [-0.15, -0.1) is 0 Å². The van der Waals surface area contributed by atoms with Crippen LogP contribution in [-0.4, -0.2) is 65.4 Å². The highest BCUT2D eigenvalue weighted by Gasteiger charge is 2.44. The zero-order valence-corrected chi connectivity index (χ0v) is 28.5. The maximum atomic E-state index is 14.8. The number of rotatable bonds is 7. The summed E-state index contributed by atoms with van der Waals surface area (Å²) in [6.07, 6.45) is 6.53. The molecule has 3 aliphatic rings. The summed E-state index contributed by atoms with van der Waals surface area (Å²) in [6, 6.07) is 18.6. The molecule has 4 heterocycles. The molecule has 4 aromatic rings. The van der Waals surface area contributed by atoms with Crippen LogP contribution in [-0.2, 0) is 15.4 Å². The maximum absolute atomic E-state index is 14.8. The van der Waals surface area contributed by atoms with Gasteiger partial charge >= 0.3 is 0 Å². The highest BCUT2D eigenvalue weighted by molar-refractivity contribution is 7.89. The zero-order valence-electron chi connectivity index (χ0n) is 26.2. The molecular formula is C35H38Cl2FN5O3S. The summed E-state index contributed by atoms with van der Waals surface area (Å²) in [5.41, 5.74) is 2.94. The molecule has 3 saturated heterocycles. The minimum Gasteiger partial charge on any atom is -0.339 e. The number of para-hydroxylation sites is 2. The lowest BCUT2D eigenvalue weighted by atomic mass is 9.70. The Morgan fingerprint density at radius 3 is 2.38 bits per heavy atom. The number of sulfonamides is 1. The average Bonchev–Trinajstić information content (AvgIpc) is 3.49. The number of nitrogens with two attached hydrogens (primary N) is 1. The molecule has 7 rings (SSSR count). The van der Waals surface area contributed by atoms with Crippen molar-refractivity contribution in [2.45, 2.75) is 80.3 Å². The van der Waals surface area contributed by atoms with Crippen molar-refractivity contribution in [3.63, 3.8) is 0 Å². The van der Waals surface area contributed by atoms with Crippen LogP contribution in [0.4, 0.5) is 4.39 Å². The van der Waals surface area contributed by atoms with Crippen LogP contribution in [0.25, 0.3) is 11.0 Å². The number of primary sulfonamides is 1. The van der Waals surface area contributed by atoms with Gasteiger partial charge in [0.25, 0.3) is 5.91 Å². The van der Waals surface area contributed by atoms with Gasteiger partial charge in [-0.05, 0) is 113 Å². The van der Waals surface area contributed by atoms with E-state index in [-0.39, 0.29) is 32.6 Å². The second-order valence-electron chi connectivity index (χ2n) is 13.4. The van der Waals surface area contributed by atoms with Gasteiger partial charge in [0, 0.05) is 47.2 Å². The molecular weight excluding hydrogens is 660 g/mol. The molecule has 47 heavy (non-hydrogen) atoms. The van der Waals surface area contributed by atoms with Gasteiger partial charge in [-0.25, -0.2) is 22.9 Å². The third-order valence-electron chi connectivity index (χ3n) is 10.8. The van der Waals surface area contributed by atoms with Crippen LogP contribution < -0.4 is 5.14 Å². The van der Waals surface area contributed by atoms with E-state index in [1.165, 1.54) is 29.8 Å². The van der Waals surface area contributed by atoms with Gasteiger partial charge in [-0.1, -0.05) is 35.3 Å². The smallest absolute Gasteiger partial charge is 0.253 e. The summed E-state index contributed by atoms with van der Waals surface area (Å²) < 4.78 is 41.2. The van der Waals surface area contributed by atoms with Gasteiger partial charge in [0.2, 0.25) is 10.0 Å². The van der Waals surface area contributed by atoms with Gasteiger partial charge in [-0.3, -0.25) is 9.69 Å². The number of halogens is 3. The number of piperidine rings is 2. The number of imidazole rings is 1. The summed E-state index contributed by atoms with van der Waals surface area (Å²) in [5.74, 6) is 0.400. The number of fused-ring (bicyclic) bond motifs is 3. The number of carbonyl (C=O) groups is 1. The standard InChI is InChI=1S/C35H38Cl2FN5O3S/c1-22-40-31-4-2-3-5-32(31)43(22)29-20-27-7-8-28(21-29)42(27)15-12-35(24-17-25(36)19-26(38)18-24)10-13-41(14-11-35)34(44)23-6-9-30(37)33(16-23)47(39,45)46/h2-6,9,16-19,27-29H,7-8,10-15,20-21H2,1H3,(H2,39,45,46)/t27-,28+,29?. The lowest BCUT2D eigenvalue weighted by Gasteiger charge is -2.45. The first-order valence-electron chi connectivity index (χ1n) is 16.2. The number of nitrogens with zero attached hydrogens (tertiary/aromatic N) is 4. The third kappa shape index (κ3) is 6.19. The quantitative estimate of drug-likeness (QED) is 0.227. The lowest BCUT2D eigenvalue weighted by molar-refractivity contribution is 0.0606. The molecule has 0 spiro atoms. The summed E-state index contributed by atoms with van der Waals surface area (Å²) in [7, 11) is -4.09. The topological polar surface area (TPSA) is 102 Å². The van der Waals surface area contributed by atoms with Crippen molar-refractivity contribution in [2.24, 2.45) is 5.14 Å². The molecule has 0 aliphatic carbocycles. The largest absolute Gasteiger partial charge is 0.339 e. The van der Waals surface area contributed by atoms with Crippen molar-refractivity contribution in [1.29, 1.82) is 0 Å². The molecule has 0 radical (unpaired) electrons. The number of amides is 1. The van der Waals surface area contributed by atoms with Crippen LogP contribution >= 0.6 is 23.2 Å². The molecule has 1 amide bonds. The zero-order chi connectivity index (χ0) is 33.1. The summed E-state index contributed by atoms with van der Waals surface area (Å²) in [4.78, 5) is 22.5. The van der Waals surface area contributed by atoms with E-state index in [0.717, 1.165) is 55.6 Å². The van der Waals surface area contributed by atoms with E-state index in [2.05, 4.69) is 34.6 Å². The van der Waals surface area contributed by atoms with Crippen molar-refractivity contribution in [3.05, 3.63) is 93.5 Å². The van der Waals surface area contributed by atoms with Gasteiger partial charge in [0.1, 0.15) is 16.5 Å². The molecule has 3 fully saturated rings. The molecule has 0 saturated carbocycles. The molecule has 12 heteroatoms. The summed E-state index contributed by atoms with van der Waals surface area (Å²) in [6.45, 7) is 3.85. The minimum atomic E-state index is -4.09. The van der Waals surface area contributed by atoms with Gasteiger partial charge in [-0.2, -0.15) is 0 Å². The molecule has 1 aromatic heterocycles. The van der Waals surface area contributed by atoms with Crippen molar-refractivity contribution < 1.29 is 17.6 Å². The second kappa shape index (κ2) is 12.5. The van der Waals surface area contributed by atoms with Gasteiger partial charge in [0.15, 0.2) is 0 Å². The number of hydrogen-bond acceptors (Lipinski definition) is 5. The Bertz CT molecular complexity index is 1930. The predicted octanol–water partition coefficient (Wildman–Crippen LogP) is 6.87. The van der Waals surface area contributed by atoms with Gasteiger partial charge in [0.05, 0.1) is 16.1 Å². The first-order valence-corrected chi connectivity index (χ1v) is 18.5. The van der Waals surface area contributed by atoms with Crippen LogP contribution in [0.1, 0.15) is 72.7 Å². The highest BCUT2D eigenvalue weighted by atomic mass is 35.5. The number of aryl methyl sites for hydroxylation is 1. The molecule has 3 aromatic carbocycles. The maximum Gasteiger partial charge on any atom is 0.253 e. The molecule has 2 bridgehead atoms. The number of hydrogen-bond donors (Lipinski definition) is 1. The van der Waals surface area contributed by atoms with Crippen LogP contribution in [0, 0.1) is 12.7 Å². The fraction of sp³-hybridized carbons (Fsp3) is 0.429. The monoisotopic (exact) mass is 697 g/mol. The lowest BCUT2D eigenvalue weighted by Crippen LogP contribution is -2.49. The van der Waals surface area contributed by atoms with Crippen molar-refractivity contribution in [1.82, 2.24) is 19.4 Å². The van der Waals surface area contributed by atoms with E-state index in [4.69, 9.17) is 33.3 Å². The SMILES string of the molecule is Cc1nc2ccccc2n1C1C[C@H]2CC[C@@H](C1)N2CCC1(c2cc(F)cc(Cl)c2)CCN(C(=O)c2ccc(Cl)c(S(N)(=O)=O)c2)CC1. The fourth-order valence-corrected chi connectivity index (χ4v) is 9.80. The van der Waals surface area contributed by atoms with E-state index < -0.39 is 10.0 Å². The summed E-state index contributed by atoms with van der Waals surface area (Å²) in [5, 5.41) is 5.65. The molecule has 1 unspecified atom stereocenters. The van der Waals surface area contributed by atoms with E-state index >= 15 is 0 Å². The second-order valence-corrected chi connectivity index (χ2v) is 15.8. The normalized spacial score (nSPS) is 23.0. The molecule has 3 atom stereocenters. The Balaban J connectivity index is 1.09. The Morgan fingerprint density at radius 2 is 1.70 bits per heavy atom. The van der Waals surface area contributed by atoms with Crippen LogP contribution in [0.15, 0.2) is 65.6 Å². The molecule has 248 valence electrons. The Kier molecular flexibility index (Phi) is 8.62. The average molecular weight is 699 g/mol.